The van der Waals surface area contributed by atoms with Gasteiger partial charge in [-0.25, -0.2) is 19.3 Å². The zero-order chi connectivity index (χ0) is 44.9. The van der Waals surface area contributed by atoms with Crippen LogP contribution in [0.5, 0.6) is 23.0 Å². The van der Waals surface area contributed by atoms with Crippen molar-refractivity contribution in [3.05, 3.63) is 230 Å². The average Bonchev–Trinajstić information content (AvgIpc) is 3.94. The average molecular weight is 867 g/mol. The van der Waals surface area contributed by atoms with Crippen LogP contribution in [0.1, 0.15) is 25.0 Å². The third kappa shape index (κ3) is 7.40. The van der Waals surface area contributed by atoms with Crippen molar-refractivity contribution in [2.24, 2.45) is 0 Å². The molecule has 0 bridgehead atoms. The van der Waals surface area contributed by atoms with Gasteiger partial charge in [-0.1, -0.05) is 135 Å². The number of rotatable bonds is 10. The van der Waals surface area contributed by atoms with Gasteiger partial charge in [0.05, 0.1) is 22.4 Å². The normalized spacial score (nSPS) is 11.7. The highest BCUT2D eigenvalue weighted by atomic mass is 16.5. The molecule has 0 radical (unpaired) electrons. The lowest BCUT2D eigenvalue weighted by Crippen LogP contribution is -2.18. The lowest BCUT2D eigenvalue weighted by Gasteiger charge is -2.26. The van der Waals surface area contributed by atoms with Gasteiger partial charge in [0.15, 0.2) is 11.3 Å². The van der Waals surface area contributed by atoms with E-state index in [1.807, 2.05) is 131 Å². The van der Waals surface area contributed by atoms with E-state index in [4.69, 9.17) is 29.6 Å². The molecule has 0 aliphatic heterocycles. The monoisotopic (exact) mass is 866 g/mol. The Kier molecular flexibility index (Phi) is 9.64. The molecule has 0 spiro atoms. The van der Waals surface area contributed by atoms with Gasteiger partial charge >= 0.3 is 0 Å². The van der Waals surface area contributed by atoms with E-state index in [1.165, 1.54) is 11.1 Å². The van der Waals surface area contributed by atoms with Crippen molar-refractivity contribution >= 4 is 43.9 Å². The summed E-state index contributed by atoms with van der Waals surface area (Å²) in [6.45, 7) is 4.47. The summed E-state index contributed by atoms with van der Waals surface area (Å²) in [5.41, 5.74) is 11.2. The van der Waals surface area contributed by atoms with Crippen molar-refractivity contribution in [2.75, 3.05) is 0 Å². The maximum Gasteiger partial charge on any atom is 0.164 e. The molecule has 0 unspecified atom stereocenters. The molecule has 12 aromatic rings. The molecular formula is C59H42N6O2. The Morgan fingerprint density at radius 1 is 0.373 bits per heavy atom. The highest BCUT2D eigenvalue weighted by Crippen LogP contribution is 2.38. The van der Waals surface area contributed by atoms with Gasteiger partial charge in [-0.15, -0.1) is 0 Å². The standard InChI is InChI=1S/C59H42N6O2/c1-59(2,43-23-27-47(28-24-43)66-49-31-33-53-41(35-49)37-51-55(39-15-7-3-8-16-39)62-64(57(51)60-53)45-19-11-5-12-20-45)44-25-29-48(30-26-44)67-50-32-34-54-42(36-50)38-52-56(40-17-9-4-10-18-40)63-65(58(52)61-54)46-21-13-6-14-22-46/h3-38H,1-2H3. The molecular weight excluding hydrogens is 825 g/mol. The summed E-state index contributed by atoms with van der Waals surface area (Å²) in [6.07, 6.45) is 0. The summed E-state index contributed by atoms with van der Waals surface area (Å²) in [4.78, 5) is 10.2. The van der Waals surface area contributed by atoms with Gasteiger partial charge in [0.25, 0.3) is 0 Å². The summed E-state index contributed by atoms with van der Waals surface area (Å²) in [5.74, 6) is 2.98. The van der Waals surface area contributed by atoms with E-state index in [9.17, 15) is 0 Å². The van der Waals surface area contributed by atoms with Crippen molar-refractivity contribution in [3.8, 4) is 56.9 Å². The minimum absolute atomic E-state index is 0.279. The minimum atomic E-state index is -0.279. The van der Waals surface area contributed by atoms with Crippen LogP contribution in [0.4, 0.5) is 0 Å². The second-order valence-electron chi connectivity index (χ2n) is 17.2. The van der Waals surface area contributed by atoms with Crippen LogP contribution in [0.15, 0.2) is 218 Å². The summed E-state index contributed by atoms with van der Waals surface area (Å²) in [5, 5.41) is 14.0. The number of nitrogens with zero attached hydrogens (tertiary/aromatic N) is 6. The Morgan fingerprint density at radius 2 is 0.731 bits per heavy atom. The van der Waals surface area contributed by atoms with Crippen LogP contribution >= 0.6 is 0 Å². The summed E-state index contributed by atoms with van der Waals surface area (Å²) < 4.78 is 16.8. The molecule has 8 aromatic carbocycles. The van der Waals surface area contributed by atoms with Crippen LogP contribution in [0.25, 0.3) is 77.8 Å². The number of hydrogen-bond acceptors (Lipinski definition) is 6. The van der Waals surface area contributed by atoms with Gasteiger partial charge in [0.1, 0.15) is 34.4 Å². The fourth-order valence-electron chi connectivity index (χ4n) is 8.92. The first-order valence-corrected chi connectivity index (χ1v) is 22.4. The lowest BCUT2D eigenvalue weighted by atomic mass is 9.78. The quantitative estimate of drug-likeness (QED) is 0.136. The molecule has 8 heteroatoms. The van der Waals surface area contributed by atoms with Crippen LogP contribution in [0.3, 0.4) is 0 Å². The fraction of sp³-hybridized carbons (Fsp3) is 0.0508. The van der Waals surface area contributed by atoms with Crippen LogP contribution in [0.2, 0.25) is 0 Å². The third-order valence-electron chi connectivity index (χ3n) is 12.6. The van der Waals surface area contributed by atoms with Crippen molar-refractivity contribution in [3.63, 3.8) is 0 Å². The smallest absolute Gasteiger partial charge is 0.164 e. The van der Waals surface area contributed by atoms with Crippen LogP contribution in [-0.2, 0) is 5.41 Å². The Bertz CT molecular complexity index is 3490. The maximum atomic E-state index is 6.45. The SMILES string of the molecule is CC(C)(c1ccc(Oc2ccc3nc4c(cc3c2)c(-c2ccccc2)nn4-c2ccccc2)cc1)c1ccc(Oc2ccc3nc4c(cc3c2)c(-c2ccccc2)nn4-c2ccccc2)cc1. The third-order valence-corrected chi connectivity index (χ3v) is 12.6. The van der Waals surface area contributed by atoms with Gasteiger partial charge in [-0.05, 0) is 108 Å². The molecule has 8 nitrogen and oxygen atoms in total. The molecule has 0 saturated carbocycles. The number of benzene rings is 8. The number of fused-ring (bicyclic) bond motifs is 4. The molecule has 0 fully saturated rings. The van der Waals surface area contributed by atoms with E-state index >= 15 is 0 Å². The molecule has 0 amide bonds. The molecule has 4 aromatic heterocycles. The molecule has 0 N–H and O–H groups in total. The first kappa shape index (κ1) is 39.7. The number of aromatic nitrogens is 6. The highest BCUT2D eigenvalue weighted by Gasteiger charge is 2.24. The molecule has 0 aliphatic rings. The van der Waals surface area contributed by atoms with Crippen LogP contribution in [0, 0.1) is 0 Å². The first-order chi connectivity index (χ1) is 32.9. The molecule has 67 heavy (non-hydrogen) atoms. The van der Waals surface area contributed by atoms with Crippen molar-refractivity contribution in [2.45, 2.75) is 19.3 Å². The summed E-state index contributed by atoms with van der Waals surface area (Å²) >= 11 is 0. The number of para-hydroxylation sites is 2. The van der Waals surface area contributed by atoms with Crippen molar-refractivity contribution in [1.82, 2.24) is 29.5 Å². The molecule has 0 saturated heterocycles. The molecule has 4 heterocycles. The van der Waals surface area contributed by atoms with Crippen molar-refractivity contribution < 1.29 is 9.47 Å². The topological polar surface area (TPSA) is 79.9 Å². The first-order valence-electron chi connectivity index (χ1n) is 22.4. The number of pyridine rings is 2. The highest BCUT2D eigenvalue weighted by molar-refractivity contribution is 6.01. The molecule has 320 valence electrons. The Hall–Kier alpha value is -8.88. The lowest BCUT2D eigenvalue weighted by molar-refractivity contribution is 0.482. The van der Waals surface area contributed by atoms with E-state index in [0.29, 0.717) is 0 Å². The van der Waals surface area contributed by atoms with E-state index in [0.717, 1.165) is 101 Å². The van der Waals surface area contributed by atoms with Gasteiger partial charge in [0.2, 0.25) is 0 Å². The van der Waals surface area contributed by atoms with Crippen LogP contribution in [-0.4, -0.2) is 29.5 Å². The molecule has 12 rings (SSSR count). The van der Waals surface area contributed by atoms with Gasteiger partial charge in [-0.2, -0.15) is 10.2 Å². The Labute approximate surface area is 387 Å². The summed E-state index contributed by atoms with van der Waals surface area (Å²) in [7, 11) is 0. The molecule has 0 atom stereocenters. The number of ether oxygens (including phenoxy) is 2. The zero-order valence-electron chi connectivity index (χ0n) is 36.8. The largest absolute Gasteiger partial charge is 0.457 e. The van der Waals surface area contributed by atoms with Crippen molar-refractivity contribution in [1.29, 1.82) is 0 Å². The van der Waals surface area contributed by atoms with E-state index in [1.54, 1.807) is 0 Å². The minimum Gasteiger partial charge on any atom is -0.457 e. The van der Waals surface area contributed by atoms with E-state index in [-0.39, 0.29) is 5.41 Å². The molecule has 0 aliphatic carbocycles. The Balaban J connectivity index is 0.773. The predicted molar refractivity (Wildman–Crippen MR) is 269 cm³/mol. The van der Waals surface area contributed by atoms with Crippen LogP contribution < -0.4 is 9.47 Å². The summed E-state index contributed by atoms with van der Waals surface area (Å²) in [6, 6.07) is 73.9. The zero-order valence-corrected chi connectivity index (χ0v) is 36.8. The number of hydrogen-bond donors (Lipinski definition) is 0. The second kappa shape index (κ2) is 16.3. The van der Waals surface area contributed by atoms with E-state index < -0.39 is 0 Å². The Morgan fingerprint density at radius 3 is 1.12 bits per heavy atom. The van der Waals surface area contributed by atoms with Gasteiger partial charge < -0.3 is 9.47 Å². The maximum absolute atomic E-state index is 6.45. The van der Waals surface area contributed by atoms with E-state index in [2.05, 4.69) is 111 Å². The van der Waals surface area contributed by atoms with Gasteiger partial charge in [0, 0.05) is 38.1 Å². The fourth-order valence-corrected chi connectivity index (χ4v) is 8.92. The second-order valence-corrected chi connectivity index (χ2v) is 17.2. The van der Waals surface area contributed by atoms with Gasteiger partial charge in [-0.3, -0.25) is 0 Å². The predicted octanol–water partition coefficient (Wildman–Crippen LogP) is 14.7.